The number of rotatable bonds is 0. The first-order chi connectivity index (χ1) is 6.31. The van der Waals surface area contributed by atoms with Gasteiger partial charge in [-0.3, -0.25) is 0 Å². The highest BCUT2D eigenvalue weighted by Crippen LogP contribution is 2.15. The van der Waals surface area contributed by atoms with Crippen LogP contribution in [0.1, 0.15) is 26.3 Å². The van der Waals surface area contributed by atoms with Gasteiger partial charge in [0, 0.05) is 6.20 Å². The molecule has 0 radical (unpaired) electrons. The van der Waals surface area contributed by atoms with Crippen molar-refractivity contribution in [1.82, 2.24) is 4.57 Å². The lowest BCUT2D eigenvalue weighted by molar-refractivity contribution is 0.0533. The highest BCUT2D eigenvalue weighted by Gasteiger charge is 2.19. The molecule has 0 bridgehead atoms. The average molecular weight is 307 g/mol. The van der Waals surface area contributed by atoms with Crippen LogP contribution in [0.2, 0.25) is 0 Å². The number of hydrogen-bond acceptors (Lipinski definition) is 2. The van der Waals surface area contributed by atoms with Crippen molar-refractivity contribution in [3.63, 3.8) is 0 Å². The molecule has 0 N–H and O–H groups in total. The van der Waals surface area contributed by atoms with E-state index in [1.807, 2.05) is 33.8 Å². The molecule has 1 aromatic rings. The van der Waals surface area contributed by atoms with E-state index in [0.29, 0.717) is 0 Å². The summed E-state index contributed by atoms with van der Waals surface area (Å²) in [7, 11) is 0. The number of aromatic nitrogens is 1. The predicted molar refractivity (Wildman–Crippen MR) is 63.5 cm³/mol. The molecule has 1 aromatic heterocycles. The van der Waals surface area contributed by atoms with Crippen LogP contribution < -0.4 is 0 Å². The molecule has 0 saturated heterocycles. The Kier molecular flexibility index (Phi) is 3.24. The van der Waals surface area contributed by atoms with Crippen molar-refractivity contribution in [2.45, 2.75) is 33.3 Å². The van der Waals surface area contributed by atoms with E-state index in [4.69, 9.17) is 4.74 Å². The summed E-state index contributed by atoms with van der Waals surface area (Å²) in [6.45, 7) is 7.53. The van der Waals surface area contributed by atoms with Gasteiger partial charge in [-0.15, -0.1) is 0 Å². The second kappa shape index (κ2) is 3.92. The number of ether oxygens (including phenoxy) is 1. The summed E-state index contributed by atoms with van der Waals surface area (Å²) in [6, 6.07) is 1.89. The fourth-order valence-electron chi connectivity index (χ4n) is 0.963. The van der Waals surface area contributed by atoms with Gasteiger partial charge in [0.1, 0.15) is 5.60 Å². The van der Waals surface area contributed by atoms with E-state index in [0.717, 1.165) is 9.26 Å². The second-order valence-corrected chi connectivity index (χ2v) is 5.16. The molecule has 78 valence electrons. The Morgan fingerprint density at radius 2 is 2.07 bits per heavy atom. The smallest absolute Gasteiger partial charge is 0.419 e. The minimum atomic E-state index is -0.446. The Bertz CT molecular complexity index is 349. The molecule has 1 rings (SSSR count). The third-order valence-electron chi connectivity index (χ3n) is 1.60. The van der Waals surface area contributed by atoms with Crippen molar-refractivity contribution in [3.05, 3.63) is 21.5 Å². The topological polar surface area (TPSA) is 31.2 Å². The molecule has 0 fully saturated rings. The van der Waals surface area contributed by atoms with E-state index < -0.39 is 5.60 Å². The van der Waals surface area contributed by atoms with Gasteiger partial charge in [0.15, 0.2) is 0 Å². The van der Waals surface area contributed by atoms with Crippen LogP contribution >= 0.6 is 22.6 Å². The largest absolute Gasteiger partial charge is 0.443 e. The molecule has 0 unspecified atom stereocenters. The molecule has 0 aliphatic heterocycles. The number of halogens is 1. The third-order valence-corrected chi connectivity index (χ3v) is 2.97. The van der Waals surface area contributed by atoms with Gasteiger partial charge in [-0.1, -0.05) is 0 Å². The second-order valence-electron chi connectivity index (χ2n) is 4.14. The summed E-state index contributed by atoms with van der Waals surface area (Å²) >= 11 is 2.13. The highest BCUT2D eigenvalue weighted by molar-refractivity contribution is 14.1. The van der Waals surface area contributed by atoms with Gasteiger partial charge < -0.3 is 4.74 Å². The first-order valence-electron chi connectivity index (χ1n) is 4.38. The maximum Gasteiger partial charge on any atom is 0.419 e. The van der Waals surface area contributed by atoms with Gasteiger partial charge in [-0.05, 0) is 61.9 Å². The van der Waals surface area contributed by atoms with Crippen LogP contribution in [0.4, 0.5) is 4.79 Å². The van der Waals surface area contributed by atoms with Crippen LogP contribution in [0.25, 0.3) is 0 Å². The summed E-state index contributed by atoms with van der Waals surface area (Å²) in [6.07, 6.45) is 1.40. The molecule has 0 amide bonds. The zero-order valence-electron chi connectivity index (χ0n) is 8.80. The average Bonchev–Trinajstić information content (AvgIpc) is 2.29. The summed E-state index contributed by atoms with van der Waals surface area (Å²) in [5.74, 6) is 0. The molecule has 14 heavy (non-hydrogen) atoms. The van der Waals surface area contributed by atoms with Crippen molar-refractivity contribution in [1.29, 1.82) is 0 Å². The van der Waals surface area contributed by atoms with E-state index in [2.05, 4.69) is 22.6 Å². The molecule has 0 spiro atoms. The molecular formula is C10H14INO2. The minimum Gasteiger partial charge on any atom is -0.443 e. The molecular weight excluding hydrogens is 293 g/mol. The summed E-state index contributed by atoms with van der Waals surface area (Å²) in [5, 5.41) is 0. The van der Waals surface area contributed by atoms with E-state index in [1.54, 1.807) is 6.20 Å². The molecule has 1 heterocycles. The molecule has 3 nitrogen and oxygen atoms in total. The predicted octanol–water partition coefficient (Wildman–Crippen LogP) is 3.18. The van der Waals surface area contributed by atoms with E-state index in [-0.39, 0.29) is 6.09 Å². The van der Waals surface area contributed by atoms with Crippen LogP contribution in [-0.4, -0.2) is 16.3 Å². The minimum absolute atomic E-state index is 0.324. The molecule has 0 aromatic carbocycles. The van der Waals surface area contributed by atoms with Crippen LogP contribution in [-0.2, 0) is 4.74 Å². The van der Waals surface area contributed by atoms with E-state index in [9.17, 15) is 4.79 Å². The van der Waals surface area contributed by atoms with Gasteiger partial charge in [0.05, 0.1) is 3.70 Å². The lowest BCUT2D eigenvalue weighted by Gasteiger charge is -2.19. The zero-order chi connectivity index (χ0) is 10.9. The van der Waals surface area contributed by atoms with E-state index >= 15 is 0 Å². The van der Waals surface area contributed by atoms with Gasteiger partial charge in [0.25, 0.3) is 0 Å². The van der Waals surface area contributed by atoms with Crippen molar-refractivity contribution in [2.24, 2.45) is 0 Å². The maximum atomic E-state index is 11.6. The Morgan fingerprint density at radius 3 is 2.43 bits per heavy atom. The quantitative estimate of drug-likeness (QED) is 0.689. The molecule has 0 saturated carbocycles. The Hall–Kier alpha value is -0.520. The van der Waals surface area contributed by atoms with Crippen molar-refractivity contribution in [3.8, 4) is 0 Å². The number of carbonyl (C=O) groups excluding carboxylic acids is 1. The Morgan fingerprint density at radius 1 is 1.50 bits per heavy atom. The van der Waals surface area contributed by atoms with Gasteiger partial charge in [-0.2, -0.15) is 0 Å². The SMILES string of the molecule is Cc1ccn(C(=O)OC(C)(C)C)c1I. The summed E-state index contributed by atoms with van der Waals surface area (Å²) < 4.78 is 7.65. The van der Waals surface area contributed by atoms with E-state index in [1.165, 1.54) is 4.57 Å². The Balaban J connectivity index is 2.86. The van der Waals surface area contributed by atoms with Gasteiger partial charge in [-0.25, -0.2) is 9.36 Å². The van der Waals surface area contributed by atoms with Gasteiger partial charge in [0.2, 0.25) is 0 Å². The number of carbonyl (C=O) groups is 1. The summed E-state index contributed by atoms with van der Waals surface area (Å²) in [5.41, 5.74) is 0.634. The molecule has 0 atom stereocenters. The van der Waals surface area contributed by atoms with Gasteiger partial charge >= 0.3 is 6.09 Å². The van der Waals surface area contributed by atoms with Crippen molar-refractivity contribution >= 4 is 28.7 Å². The lowest BCUT2D eigenvalue weighted by Crippen LogP contribution is -2.27. The van der Waals surface area contributed by atoms with Crippen LogP contribution in [0.3, 0.4) is 0 Å². The third kappa shape index (κ3) is 2.73. The fourth-order valence-corrected chi connectivity index (χ4v) is 1.50. The zero-order valence-corrected chi connectivity index (χ0v) is 11.0. The first-order valence-corrected chi connectivity index (χ1v) is 5.46. The monoisotopic (exact) mass is 307 g/mol. The van der Waals surface area contributed by atoms with Crippen LogP contribution in [0.5, 0.6) is 0 Å². The van der Waals surface area contributed by atoms with Crippen LogP contribution in [0, 0.1) is 10.6 Å². The summed E-state index contributed by atoms with van der Waals surface area (Å²) in [4.78, 5) is 11.6. The standard InChI is InChI=1S/C10H14INO2/c1-7-5-6-12(8(7)11)9(13)14-10(2,3)4/h5-6H,1-4H3. The van der Waals surface area contributed by atoms with Crippen LogP contribution in [0.15, 0.2) is 12.3 Å². The molecule has 4 heteroatoms. The van der Waals surface area contributed by atoms with Crippen molar-refractivity contribution in [2.75, 3.05) is 0 Å². The fraction of sp³-hybridized carbons (Fsp3) is 0.500. The Labute approximate surface area is 97.6 Å². The number of aryl methyl sites for hydroxylation is 1. The first kappa shape index (κ1) is 11.6. The number of hydrogen-bond donors (Lipinski definition) is 0. The molecule has 0 aliphatic rings. The normalized spacial score (nSPS) is 11.5. The van der Waals surface area contributed by atoms with Crippen molar-refractivity contribution < 1.29 is 9.53 Å². The maximum absolute atomic E-state index is 11.6. The lowest BCUT2D eigenvalue weighted by atomic mass is 10.2. The molecule has 0 aliphatic carbocycles. The number of nitrogens with zero attached hydrogens (tertiary/aromatic N) is 1. The highest BCUT2D eigenvalue weighted by atomic mass is 127.